The molecule has 1 heterocycles. The van der Waals surface area contributed by atoms with E-state index >= 15 is 0 Å². The average molecular weight is 218 g/mol. The third-order valence-corrected chi connectivity index (χ3v) is 3.63. The third-order valence-electron chi connectivity index (χ3n) is 3.63. The Morgan fingerprint density at radius 3 is 3.06 bits per heavy atom. The number of benzene rings is 1. The van der Waals surface area contributed by atoms with E-state index < -0.39 is 0 Å². The van der Waals surface area contributed by atoms with Crippen LogP contribution in [0.1, 0.15) is 30.1 Å². The number of para-hydroxylation sites is 1. The van der Waals surface area contributed by atoms with Gasteiger partial charge in [0.1, 0.15) is 5.82 Å². The maximum absolute atomic E-state index is 13.8. The lowest BCUT2D eigenvalue weighted by molar-refractivity contribution is 0.556. The molecule has 0 aliphatic heterocycles. The quantitative estimate of drug-likeness (QED) is 0.724. The maximum atomic E-state index is 13.8. The first-order chi connectivity index (χ1) is 7.70. The smallest absolute Gasteiger partial charge is 0.147 e. The van der Waals surface area contributed by atoms with Crippen LogP contribution < -0.4 is 5.73 Å². The first-order valence-electron chi connectivity index (χ1n) is 5.71. The number of halogens is 1. The molecular formula is C13H15FN2. The summed E-state index contributed by atoms with van der Waals surface area (Å²) in [5.74, 6) is -0.151. The van der Waals surface area contributed by atoms with E-state index in [-0.39, 0.29) is 11.9 Å². The van der Waals surface area contributed by atoms with E-state index in [0.717, 1.165) is 30.2 Å². The number of hydrogen-bond acceptors (Lipinski definition) is 1. The zero-order chi connectivity index (χ0) is 11.3. The van der Waals surface area contributed by atoms with Gasteiger partial charge < -0.3 is 10.3 Å². The highest BCUT2D eigenvalue weighted by atomic mass is 19.1. The van der Waals surface area contributed by atoms with E-state index in [4.69, 9.17) is 5.73 Å². The third kappa shape index (κ3) is 1.15. The van der Waals surface area contributed by atoms with Crippen LogP contribution >= 0.6 is 0 Å². The van der Waals surface area contributed by atoms with Crippen LogP contribution in [-0.2, 0) is 13.5 Å². The van der Waals surface area contributed by atoms with Crippen LogP contribution in [0.15, 0.2) is 18.2 Å². The molecule has 0 radical (unpaired) electrons. The van der Waals surface area contributed by atoms with Crippen molar-refractivity contribution in [3.05, 3.63) is 35.3 Å². The van der Waals surface area contributed by atoms with Gasteiger partial charge in [-0.15, -0.1) is 0 Å². The van der Waals surface area contributed by atoms with Gasteiger partial charge in [-0.3, -0.25) is 0 Å². The lowest BCUT2D eigenvalue weighted by Crippen LogP contribution is -2.17. The van der Waals surface area contributed by atoms with Crippen LogP contribution in [0.3, 0.4) is 0 Å². The van der Waals surface area contributed by atoms with Gasteiger partial charge in [-0.2, -0.15) is 0 Å². The minimum Gasteiger partial charge on any atom is -0.345 e. The number of nitrogens with two attached hydrogens (primary N) is 1. The molecule has 1 aromatic carbocycles. The molecule has 2 N–H and O–H groups in total. The fraction of sp³-hybridized carbons (Fsp3) is 0.385. The van der Waals surface area contributed by atoms with E-state index in [1.165, 1.54) is 11.8 Å². The van der Waals surface area contributed by atoms with Gasteiger partial charge in [0.15, 0.2) is 0 Å². The van der Waals surface area contributed by atoms with Gasteiger partial charge in [0.25, 0.3) is 0 Å². The Balaban J connectivity index is 2.44. The highest BCUT2D eigenvalue weighted by molar-refractivity contribution is 5.86. The lowest BCUT2D eigenvalue weighted by Gasteiger charge is -2.20. The second-order valence-electron chi connectivity index (χ2n) is 4.55. The van der Waals surface area contributed by atoms with Crippen molar-refractivity contribution in [1.29, 1.82) is 0 Å². The number of nitrogens with zero attached hydrogens (tertiary/aromatic N) is 1. The maximum Gasteiger partial charge on any atom is 0.147 e. The van der Waals surface area contributed by atoms with Crippen LogP contribution in [0.4, 0.5) is 4.39 Å². The first kappa shape index (κ1) is 9.85. The van der Waals surface area contributed by atoms with Gasteiger partial charge in [0.2, 0.25) is 0 Å². The van der Waals surface area contributed by atoms with E-state index in [2.05, 4.69) is 0 Å². The molecule has 1 unspecified atom stereocenters. The highest BCUT2D eigenvalue weighted by Gasteiger charge is 2.24. The summed E-state index contributed by atoms with van der Waals surface area (Å²) in [6.07, 6.45) is 3.11. The molecule has 1 atom stereocenters. The molecule has 3 heteroatoms. The van der Waals surface area contributed by atoms with Gasteiger partial charge >= 0.3 is 0 Å². The second kappa shape index (κ2) is 3.32. The molecule has 0 bridgehead atoms. The number of aromatic nitrogens is 1. The fourth-order valence-corrected chi connectivity index (χ4v) is 2.89. The van der Waals surface area contributed by atoms with Gasteiger partial charge in [0, 0.05) is 24.2 Å². The molecule has 0 fully saturated rings. The minimum absolute atomic E-state index is 0.0641. The van der Waals surface area contributed by atoms with Crippen molar-refractivity contribution in [1.82, 2.24) is 4.57 Å². The monoisotopic (exact) mass is 218 g/mol. The Bertz CT molecular complexity index is 557. The van der Waals surface area contributed by atoms with Gasteiger partial charge in [-0.05, 0) is 30.9 Å². The SMILES string of the molecule is Cn1c2c(c3cccc(F)c31)C(N)CCC2. The topological polar surface area (TPSA) is 30.9 Å². The van der Waals surface area contributed by atoms with Gasteiger partial charge in [-0.25, -0.2) is 4.39 Å². The van der Waals surface area contributed by atoms with Crippen molar-refractivity contribution in [2.75, 3.05) is 0 Å². The fourth-order valence-electron chi connectivity index (χ4n) is 2.89. The molecule has 3 rings (SSSR count). The standard InChI is InChI=1S/C13H15FN2/c1-16-11-7-3-6-10(15)12(11)8-4-2-5-9(14)13(8)16/h2,4-5,10H,3,6-7,15H2,1H3. The Hall–Kier alpha value is -1.35. The van der Waals surface area contributed by atoms with Crippen molar-refractivity contribution < 1.29 is 4.39 Å². The average Bonchev–Trinajstić information content (AvgIpc) is 2.56. The van der Waals surface area contributed by atoms with E-state index in [1.54, 1.807) is 6.07 Å². The van der Waals surface area contributed by atoms with Crippen molar-refractivity contribution in [2.45, 2.75) is 25.3 Å². The van der Waals surface area contributed by atoms with Crippen LogP contribution in [0.2, 0.25) is 0 Å². The summed E-state index contributed by atoms with van der Waals surface area (Å²) in [4.78, 5) is 0. The summed E-state index contributed by atoms with van der Waals surface area (Å²) >= 11 is 0. The molecule has 0 spiro atoms. The summed E-state index contributed by atoms with van der Waals surface area (Å²) in [6.45, 7) is 0. The van der Waals surface area contributed by atoms with Gasteiger partial charge in [0.05, 0.1) is 5.52 Å². The van der Waals surface area contributed by atoms with Crippen LogP contribution in [0.25, 0.3) is 10.9 Å². The van der Waals surface area contributed by atoms with Gasteiger partial charge in [-0.1, -0.05) is 12.1 Å². The summed E-state index contributed by atoms with van der Waals surface area (Å²) in [6, 6.07) is 5.32. The molecule has 1 aromatic heterocycles. The molecule has 0 saturated carbocycles. The Morgan fingerprint density at radius 2 is 2.25 bits per heavy atom. The van der Waals surface area contributed by atoms with Crippen LogP contribution in [-0.4, -0.2) is 4.57 Å². The Labute approximate surface area is 93.9 Å². The highest BCUT2D eigenvalue weighted by Crippen LogP contribution is 2.36. The molecule has 16 heavy (non-hydrogen) atoms. The molecular weight excluding hydrogens is 203 g/mol. The van der Waals surface area contributed by atoms with Crippen LogP contribution in [0, 0.1) is 5.82 Å². The lowest BCUT2D eigenvalue weighted by atomic mass is 9.91. The molecule has 84 valence electrons. The number of fused-ring (bicyclic) bond motifs is 3. The summed E-state index contributed by atoms with van der Waals surface area (Å²) in [5, 5.41) is 0.990. The molecule has 1 aliphatic rings. The van der Waals surface area contributed by atoms with E-state index in [9.17, 15) is 4.39 Å². The summed E-state index contributed by atoms with van der Waals surface area (Å²) < 4.78 is 15.8. The molecule has 1 aliphatic carbocycles. The predicted octanol–water partition coefficient (Wildman–Crippen LogP) is 2.65. The first-order valence-corrected chi connectivity index (χ1v) is 5.71. The van der Waals surface area contributed by atoms with E-state index in [1.807, 2.05) is 17.7 Å². The molecule has 0 amide bonds. The minimum atomic E-state index is -0.151. The largest absolute Gasteiger partial charge is 0.345 e. The van der Waals surface area contributed by atoms with Crippen LogP contribution in [0.5, 0.6) is 0 Å². The molecule has 0 saturated heterocycles. The van der Waals surface area contributed by atoms with E-state index in [0.29, 0.717) is 5.52 Å². The number of aryl methyl sites for hydroxylation is 1. The van der Waals surface area contributed by atoms with Crippen molar-refractivity contribution in [3.63, 3.8) is 0 Å². The zero-order valence-corrected chi connectivity index (χ0v) is 9.33. The second-order valence-corrected chi connectivity index (χ2v) is 4.55. The Morgan fingerprint density at radius 1 is 1.44 bits per heavy atom. The van der Waals surface area contributed by atoms with Crippen molar-refractivity contribution >= 4 is 10.9 Å². The van der Waals surface area contributed by atoms with Crippen molar-refractivity contribution in [2.24, 2.45) is 12.8 Å². The molecule has 2 nitrogen and oxygen atoms in total. The Kier molecular flexibility index (Phi) is 2.04. The predicted molar refractivity (Wildman–Crippen MR) is 62.7 cm³/mol. The normalized spacial score (nSPS) is 20.1. The summed E-state index contributed by atoms with van der Waals surface area (Å²) in [5.41, 5.74) is 9.20. The number of rotatable bonds is 0. The number of hydrogen-bond donors (Lipinski definition) is 1. The zero-order valence-electron chi connectivity index (χ0n) is 9.33. The molecule has 2 aromatic rings. The summed E-state index contributed by atoms with van der Waals surface area (Å²) in [7, 11) is 1.93. The van der Waals surface area contributed by atoms with Crippen molar-refractivity contribution in [3.8, 4) is 0 Å².